The van der Waals surface area contributed by atoms with Crippen LogP contribution in [0, 0.1) is 0 Å². The fourth-order valence-electron chi connectivity index (χ4n) is 2.05. The van der Waals surface area contributed by atoms with Gasteiger partial charge in [-0.05, 0) is 51.3 Å². The third-order valence-electron chi connectivity index (χ3n) is 2.99. The summed E-state index contributed by atoms with van der Waals surface area (Å²) < 4.78 is 7.11. The van der Waals surface area contributed by atoms with Crippen LogP contribution in [-0.2, 0) is 11.3 Å². The Hall–Kier alpha value is -0.330. The van der Waals surface area contributed by atoms with Crippen molar-refractivity contribution in [2.24, 2.45) is 0 Å². The lowest BCUT2D eigenvalue weighted by Gasteiger charge is -2.21. The van der Waals surface area contributed by atoms with Crippen LogP contribution in [0.3, 0.4) is 0 Å². The lowest BCUT2D eigenvalue weighted by molar-refractivity contribution is -0.127. The fraction of sp³-hybridized carbons (Fsp3) is 0.583. The van der Waals surface area contributed by atoms with E-state index < -0.39 is 0 Å². The van der Waals surface area contributed by atoms with Crippen molar-refractivity contribution in [3.8, 4) is 0 Å². The molecule has 2 heterocycles. The Bertz CT molecular complexity index is 414. The van der Waals surface area contributed by atoms with E-state index in [2.05, 4.69) is 44.1 Å². The molecule has 1 N–H and O–H groups in total. The molecule has 100 valence electrons. The number of amides is 1. The zero-order valence-corrected chi connectivity index (χ0v) is 13.4. The Morgan fingerprint density at radius 3 is 2.89 bits per heavy atom. The number of furan rings is 1. The average Bonchev–Trinajstić information content (AvgIpc) is 2.85. The minimum absolute atomic E-state index is 0.259. The molecule has 1 aliphatic rings. The van der Waals surface area contributed by atoms with Crippen LogP contribution in [0.2, 0.25) is 0 Å². The molecule has 0 aliphatic carbocycles. The second-order valence-corrected chi connectivity index (χ2v) is 6.13. The van der Waals surface area contributed by atoms with Crippen LogP contribution in [-0.4, -0.2) is 29.9 Å². The number of nitrogens with zero attached hydrogens (tertiary/aromatic N) is 1. The van der Waals surface area contributed by atoms with E-state index in [1.54, 1.807) is 0 Å². The molecule has 2 rings (SSSR count). The predicted octanol–water partition coefficient (Wildman–Crippen LogP) is 2.91. The van der Waals surface area contributed by atoms with Crippen molar-refractivity contribution in [1.82, 2.24) is 10.2 Å². The average molecular weight is 380 g/mol. The zero-order chi connectivity index (χ0) is 13.1. The van der Waals surface area contributed by atoms with Gasteiger partial charge in [0.1, 0.15) is 5.76 Å². The zero-order valence-electron chi connectivity index (χ0n) is 10.2. The molecule has 1 atom stereocenters. The smallest absolute Gasteiger partial charge is 0.222 e. The van der Waals surface area contributed by atoms with Gasteiger partial charge in [0.2, 0.25) is 5.91 Å². The van der Waals surface area contributed by atoms with Gasteiger partial charge >= 0.3 is 0 Å². The predicted molar refractivity (Wildman–Crippen MR) is 76.2 cm³/mol. The summed E-state index contributed by atoms with van der Waals surface area (Å²) in [6.07, 6.45) is 1.69. The minimum Gasteiger partial charge on any atom is -0.452 e. The van der Waals surface area contributed by atoms with E-state index in [9.17, 15) is 4.79 Å². The van der Waals surface area contributed by atoms with Crippen molar-refractivity contribution in [1.29, 1.82) is 0 Å². The molecule has 0 radical (unpaired) electrons. The van der Waals surface area contributed by atoms with E-state index >= 15 is 0 Å². The van der Waals surface area contributed by atoms with Crippen molar-refractivity contribution in [3.05, 3.63) is 21.0 Å². The van der Waals surface area contributed by atoms with Crippen molar-refractivity contribution >= 4 is 37.8 Å². The first-order valence-corrected chi connectivity index (χ1v) is 7.59. The number of carbonyl (C=O) groups is 1. The van der Waals surface area contributed by atoms with Gasteiger partial charge in [-0.2, -0.15) is 0 Å². The van der Waals surface area contributed by atoms with Gasteiger partial charge in [0.05, 0.1) is 11.0 Å². The van der Waals surface area contributed by atoms with Gasteiger partial charge < -0.3 is 14.6 Å². The van der Waals surface area contributed by atoms with Gasteiger partial charge in [0.25, 0.3) is 0 Å². The topological polar surface area (TPSA) is 45.5 Å². The van der Waals surface area contributed by atoms with E-state index in [-0.39, 0.29) is 11.9 Å². The molecule has 6 heteroatoms. The lowest BCUT2D eigenvalue weighted by atomic mass is 10.3. The number of hydrogen-bond acceptors (Lipinski definition) is 3. The van der Waals surface area contributed by atoms with Crippen LogP contribution in [0.15, 0.2) is 19.6 Å². The Kier molecular flexibility index (Phi) is 4.86. The van der Waals surface area contributed by atoms with Crippen molar-refractivity contribution in [3.63, 3.8) is 0 Å². The second kappa shape index (κ2) is 6.21. The van der Waals surface area contributed by atoms with Gasteiger partial charge in [-0.1, -0.05) is 0 Å². The molecule has 0 spiro atoms. The van der Waals surface area contributed by atoms with Crippen molar-refractivity contribution in [2.75, 3.05) is 13.1 Å². The van der Waals surface area contributed by atoms with Crippen molar-refractivity contribution < 1.29 is 9.21 Å². The number of nitrogens with one attached hydrogen (secondary N) is 1. The molecule has 0 aromatic carbocycles. The quantitative estimate of drug-likeness (QED) is 0.855. The first kappa shape index (κ1) is 14.1. The first-order valence-electron chi connectivity index (χ1n) is 6.01. The van der Waals surface area contributed by atoms with Gasteiger partial charge in [0, 0.05) is 25.6 Å². The van der Waals surface area contributed by atoms with Gasteiger partial charge in [-0.15, -0.1) is 0 Å². The highest BCUT2D eigenvalue weighted by atomic mass is 79.9. The molecule has 0 saturated carbocycles. The van der Waals surface area contributed by atoms with Gasteiger partial charge in [-0.3, -0.25) is 4.79 Å². The largest absolute Gasteiger partial charge is 0.452 e. The van der Waals surface area contributed by atoms with E-state index in [0.717, 1.165) is 29.7 Å². The number of likely N-dealkylation sites (tertiary alicyclic amines) is 1. The summed E-state index contributed by atoms with van der Waals surface area (Å²) >= 11 is 6.69. The SMILES string of the molecule is CC(CN1CCCC1=O)NCc1cc(Br)c(Br)o1. The van der Waals surface area contributed by atoms with Crippen molar-refractivity contribution in [2.45, 2.75) is 32.4 Å². The summed E-state index contributed by atoms with van der Waals surface area (Å²) in [5.41, 5.74) is 0. The molecule has 1 saturated heterocycles. The summed E-state index contributed by atoms with van der Waals surface area (Å²) in [6.45, 7) is 4.40. The van der Waals surface area contributed by atoms with E-state index in [1.807, 2.05) is 11.0 Å². The molecule has 1 unspecified atom stereocenters. The number of hydrogen-bond donors (Lipinski definition) is 1. The van der Waals surface area contributed by atoms with E-state index in [1.165, 1.54) is 0 Å². The van der Waals surface area contributed by atoms with E-state index in [0.29, 0.717) is 17.6 Å². The highest BCUT2D eigenvalue weighted by Crippen LogP contribution is 2.26. The van der Waals surface area contributed by atoms with Crippen LogP contribution >= 0.6 is 31.9 Å². The number of halogens is 2. The maximum Gasteiger partial charge on any atom is 0.222 e. The summed E-state index contributed by atoms with van der Waals surface area (Å²) in [5.74, 6) is 1.14. The number of carbonyl (C=O) groups excluding carboxylic acids is 1. The minimum atomic E-state index is 0.259. The lowest BCUT2D eigenvalue weighted by Crippen LogP contribution is -2.39. The molecule has 1 aliphatic heterocycles. The summed E-state index contributed by atoms with van der Waals surface area (Å²) in [6, 6.07) is 2.19. The third-order valence-corrected chi connectivity index (χ3v) is 4.70. The normalized spacial score (nSPS) is 17.5. The molecule has 0 bridgehead atoms. The fourth-order valence-corrected chi connectivity index (χ4v) is 2.70. The maximum absolute atomic E-state index is 11.5. The molecule has 1 aromatic heterocycles. The Balaban J connectivity index is 1.77. The molecule has 1 aromatic rings. The van der Waals surface area contributed by atoms with E-state index in [4.69, 9.17) is 4.42 Å². The van der Waals surface area contributed by atoms with Gasteiger partial charge in [-0.25, -0.2) is 0 Å². The molecule has 4 nitrogen and oxygen atoms in total. The number of rotatable bonds is 5. The summed E-state index contributed by atoms with van der Waals surface area (Å²) in [4.78, 5) is 13.4. The second-order valence-electron chi connectivity index (χ2n) is 4.56. The Morgan fingerprint density at radius 1 is 1.56 bits per heavy atom. The van der Waals surface area contributed by atoms with Gasteiger partial charge in [0.15, 0.2) is 4.67 Å². The summed E-state index contributed by atoms with van der Waals surface area (Å²) in [7, 11) is 0. The third kappa shape index (κ3) is 3.59. The van der Waals surface area contributed by atoms with Crippen LogP contribution in [0.4, 0.5) is 0 Å². The Labute approximate surface area is 123 Å². The van der Waals surface area contributed by atoms with Crippen LogP contribution in [0.1, 0.15) is 25.5 Å². The standard InChI is InChI=1S/C12H16Br2N2O2/c1-8(7-16-4-2-3-11(16)17)15-6-9-5-10(13)12(14)18-9/h5,8,15H,2-4,6-7H2,1H3. The molecular weight excluding hydrogens is 364 g/mol. The molecule has 18 heavy (non-hydrogen) atoms. The van der Waals surface area contributed by atoms with Crippen LogP contribution < -0.4 is 5.32 Å². The molecule has 1 amide bonds. The maximum atomic E-state index is 11.5. The summed E-state index contributed by atoms with van der Waals surface area (Å²) in [5, 5.41) is 3.36. The molecular formula is C12H16Br2N2O2. The monoisotopic (exact) mass is 378 g/mol. The highest BCUT2D eigenvalue weighted by molar-refractivity contribution is 9.13. The first-order chi connectivity index (χ1) is 8.56. The highest BCUT2D eigenvalue weighted by Gasteiger charge is 2.21. The van der Waals surface area contributed by atoms with Crippen LogP contribution in [0.5, 0.6) is 0 Å². The Morgan fingerprint density at radius 2 is 2.33 bits per heavy atom. The molecule has 1 fully saturated rings. The van der Waals surface area contributed by atoms with Crippen LogP contribution in [0.25, 0.3) is 0 Å².